The van der Waals surface area contributed by atoms with Crippen molar-refractivity contribution in [1.29, 1.82) is 0 Å². The summed E-state index contributed by atoms with van der Waals surface area (Å²) in [5.41, 5.74) is 7.52. The number of hydrogen-bond donors (Lipinski definition) is 1. The molecule has 0 radical (unpaired) electrons. The highest BCUT2D eigenvalue weighted by atomic mass is 32.1. The Hall–Kier alpha value is -1.73. The number of nitrogens with zero attached hydrogens (tertiary/aromatic N) is 4. The van der Waals surface area contributed by atoms with Crippen LogP contribution < -0.4 is 5.73 Å². The predicted molar refractivity (Wildman–Crippen MR) is 73.4 cm³/mol. The molecule has 0 aliphatic heterocycles. The zero-order valence-electron chi connectivity index (χ0n) is 11.0. The molecular weight excluding hydrogens is 262 g/mol. The first-order valence-corrected chi connectivity index (χ1v) is 6.91. The summed E-state index contributed by atoms with van der Waals surface area (Å²) in [5, 5.41) is 11.9. The summed E-state index contributed by atoms with van der Waals surface area (Å²) in [4.78, 5) is 13.7. The third kappa shape index (κ3) is 3.62. The quantitative estimate of drug-likeness (QED) is 0.886. The number of rotatable bonds is 5. The molecule has 0 spiro atoms. The second-order valence-corrected chi connectivity index (χ2v) is 5.29. The Kier molecular flexibility index (Phi) is 4.28. The van der Waals surface area contributed by atoms with Gasteiger partial charge >= 0.3 is 0 Å². The van der Waals surface area contributed by atoms with Gasteiger partial charge in [-0.3, -0.25) is 4.79 Å². The van der Waals surface area contributed by atoms with Gasteiger partial charge in [-0.05, 0) is 29.3 Å². The van der Waals surface area contributed by atoms with Crippen molar-refractivity contribution in [2.45, 2.75) is 26.1 Å². The predicted octanol–water partition coefficient (Wildman–Crippen LogP) is 1.02. The maximum Gasteiger partial charge on any atom is 0.244 e. The number of aromatic nitrogens is 3. The van der Waals surface area contributed by atoms with Crippen LogP contribution in [0.1, 0.15) is 24.2 Å². The summed E-state index contributed by atoms with van der Waals surface area (Å²) in [6.07, 6.45) is 1.71. The molecule has 0 aromatic carbocycles. The Bertz CT molecular complexity index is 534. The topological polar surface area (TPSA) is 77.0 Å². The molecule has 2 rings (SSSR count). The minimum absolute atomic E-state index is 0.00711. The molecule has 6 nitrogen and oxygen atoms in total. The van der Waals surface area contributed by atoms with Gasteiger partial charge in [0.1, 0.15) is 6.54 Å². The van der Waals surface area contributed by atoms with Gasteiger partial charge in [0.05, 0.1) is 11.9 Å². The second kappa shape index (κ2) is 5.94. The van der Waals surface area contributed by atoms with Crippen LogP contribution in [0.15, 0.2) is 23.0 Å². The lowest BCUT2D eigenvalue weighted by atomic mass is 10.3. The molecule has 2 N–H and O–H groups in total. The minimum Gasteiger partial charge on any atom is -0.340 e. The summed E-state index contributed by atoms with van der Waals surface area (Å²) in [5.74, 6) is -0.00711. The lowest BCUT2D eigenvalue weighted by Crippen LogP contribution is -2.29. The molecular formula is C12H17N5OS. The van der Waals surface area contributed by atoms with Crippen molar-refractivity contribution in [3.05, 3.63) is 34.3 Å². The molecule has 7 heteroatoms. The minimum atomic E-state index is -0.174. The lowest BCUT2D eigenvalue weighted by Gasteiger charge is -2.16. The number of carbonyl (C=O) groups is 1. The highest BCUT2D eigenvalue weighted by molar-refractivity contribution is 7.07. The molecule has 0 bridgehead atoms. The van der Waals surface area contributed by atoms with Crippen LogP contribution in [0.2, 0.25) is 0 Å². The maximum atomic E-state index is 12.0. The van der Waals surface area contributed by atoms with E-state index in [0.717, 1.165) is 5.56 Å². The molecule has 102 valence electrons. The number of carbonyl (C=O) groups excluding carboxylic acids is 1. The summed E-state index contributed by atoms with van der Waals surface area (Å²) in [7, 11) is 1.78. The van der Waals surface area contributed by atoms with Crippen LogP contribution >= 0.6 is 11.3 Å². The van der Waals surface area contributed by atoms with Gasteiger partial charge in [0.25, 0.3) is 0 Å². The van der Waals surface area contributed by atoms with Crippen molar-refractivity contribution in [1.82, 2.24) is 19.9 Å². The third-order valence-electron chi connectivity index (χ3n) is 2.75. The molecule has 0 aliphatic carbocycles. The van der Waals surface area contributed by atoms with Gasteiger partial charge in [-0.2, -0.15) is 11.3 Å². The van der Waals surface area contributed by atoms with E-state index in [9.17, 15) is 4.79 Å². The Balaban J connectivity index is 1.92. The molecule has 2 aromatic heterocycles. The molecule has 0 saturated carbocycles. The fourth-order valence-electron chi connectivity index (χ4n) is 1.60. The van der Waals surface area contributed by atoms with Crippen LogP contribution in [0.25, 0.3) is 0 Å². The van der Waals surface area contributed by atoms with Gasteiger partial charge in [-0.1, -0.05) is 5.21 Å². The Labute approximate surface area is 115 Å². The van der Waals surface area contributed by atoms with Crippen LogP contribution in [0.4, 0.5) is 0 Å². The molecule has 19 heavy (non-hydrogen) atoms. The number of amides is 1. The average Bonchev–Trinajstić information content (AvgIpc) is 2.99. The zero-order valence-corrected chi connectivity index (χ0v) is 11.8. The van der Waals surface area contributed by atoms with E-state index in [0.29, 0.717) is 12.2 Å². The number of nitrogens with two attached hydrogens (primary N) is 1. The highest BCUT2D eigenvalue weighted by Crippen LogP contribution is 2.09. The normalized spacial score (nSPS) is 12.4. The fraction of sp³-hybridized carbons (Fsp3) is 0.417. The summed E-state index contributed by atoms with van der Waals surface area (Å²) < 4.78 is 1.52. The van der Waals surface area contributed by atoms with E-state index in [-0.39, 0.29) is 18.5 Å². The van der Waals surface area contributed by atoms with Gasteiger partial charge in [0.2, 0.25) is 5.91 Å². The molecule has 2 heterocycles. The van der Waals surface area contributed by atoms with Crippen molar-refractivity contribution in [2.75, 3.05) is 7.05 Å². The first-order valence-electron chi connectivity index (χ1n) is 5.97. The number of hydrogen-bond acceptors (Lipinski definition) is 5. The van der Waals surface area contributed by atoms with Gasteiger partial charge in [-0.15, -0.1) is 5.10 Å². The first-order chi connectivity index (χ1) is 9.06. The lowest BCUT2D eigenvalue weighted by molar-refractivity contribution is -0.131. The largest absolute Gasteiger partial charge is 0.340 e. The molecule has 1 unspecified atom stereocenters. The van der Waals surface area contributed by atoms with E-state index in [4.69, 9.17) is 5.73 Å². The van der Waals surface area contributed by atoms with Gasteiger partial charge in [0.15, 0.2) is 0 Å². The monoisotopic (exact) mass is 279 g/mol. The van der Waals surface area contributed by atoms with Crippen molar-refractivity contribution >= 4 is 17.2 Å². The third-order valence-corrected chi connectivity index (χ3v) is 3.48. The molecule has 2 aromatic rings. The molecule has 0 aliphatic rings. The van der Waals surface area contributed by atoms with Gasteiger partial charge in [-0.25, -0.2) is 4.68 Å². The van der Waals surface area contributed by atoms with Gasteiger partial charge < -0.3 is 10.6 Å². The molecule has 0 fully saturated rings. The SMILES string of the molecule is CC(N)c1cn(CC(=O)N(C)Cc2ccsc2)nn1. The average molecular weight is 279 g/mol. The number of thiophene rings is 1. The van der Waals surface area contributed by atoms with Crippen LogP contribution in [-0.4, -0.2) is 32.8 Å². The summed E-state index contributed by atoms with van der Waals surface area (Å²) in [6.45, 7) is 2.62. The standard InChI is InChI=1S/C12H17N5OS/c1-9(13)11-6-17(15-14-11)7-12(18)16(2)5-10-3-4-19-8-10/h3-4,6,8-9H,5,7,13H2,1-2H3. The Morgan fingerprint density at radius 1 is 1.63 bits per heavy atom. The van der Waals surface area contributed by atoms with Gasteiger partial charge in [0, 0.05) is 19.6 Å². The van der Waals surface area contributed by atoms with Crippen LogP contribution in [0, 0.1) is 0 Å². The molecule has 0 saturated heterocycles. The maximum absolute atomic E-state index is 12.0. The number of likely N-dealkylation sites (N-methyl/N-ethyl adjacent to an activating group) is 1. The second-order valence-electron chi connectivity index (χ2n) is 4.51. The fourth-order valence-corrected chi connectivity index (χ4v) is 2.26. The van der Waals surface area contributed by atoms with Crippen molar-refractivity contribution in [3.8, 4) is 0 Å². The first kappa shape index (κ1) is 13.7. The van der Waals surface area contributed by atoms with E-state index in [2.05, 4.69) is 10.3 Å². The Morgan fingerprint density at radius 2 is 2.42 bits per heavy atom. The van der Waals surface area contributed by atoms with E-state index in [1.165, 1.54) is 4.68 Å². The molecule has 1 amide bonds. The van der Waals surface area contributed by atoms with E-state index >= 15 is 0 Å². The van der Waals surface area contributed by atoms with E-state index in [1.807, 2.05) is 23.8 Å². The van der Waals surface area contributed by atoms with Crippen LogP contribution in [0.5, 0.6) is 0 Å². The van der Waals surface area contributed by atoms with E-state index < -0.39 is 0 Å². The van der Waals surface area contributed by atoms with Crippen molar-refractivity contribution in [2.24, 2.45) is 5.73 Å². The Morgan fingerprint density at radius 3 is 3.00 bits per heavy atom. The highest BCUT2D eigenvalue weighted by Gasteiger charge is 2.12. The van der Waals surface area contributed by atoms with Crippen LogP contribution in [-0.2, 0) is 17.9 Å². The summed E-state index contributed by atoms with van der Waals surface area (Å²) in [6, 6.07) is 1.84. The van der Waals surface area contributed by atoms with E-state index in [1.54, 1.807) is 29.5 Å². The van der Waals surface area contributed by atoms with Crippen LogP contribution in [0.3, 0.4) is 0 Å². The van der Waals surface area contributed by atoms with Crippen molar-refractivity contribution < 1.29 is 4.79 Å². The summed E-state index contributed by atoms with van der Waals surface area (Å²) >= 11 is 1.62. The molecule has 1 atom stereocenters. The smallest absolute Gasteiger partial charge is 0.244 e. The zero-order chi connectivity index (χ0) is 13.8. The van der Waals surface area contributed by atoms with Crippen molar-refractivity contribution in [3.63, 3.8) is 0 Å².